The van der Waals surface area contributed by atoms with Gasteiger partial charge >= 0.3 is 6.09 Å². The normalized spacial score (nSPS) is 23.0. The van der Waals surface area contributed by atoms with Gasteiger partial charge in [-0.15, -0.1) is 0 Å². The zero-order chi connectivity index (χ0) is 11.6. The zero-order valence-corrected chi connectivity index (χ0v) is 9.62. The number of Topliss-reactive ketones (excluding diaryl/α,β-unsaturated/α-hetero) is 1. The van der Waals surface area contributed by atoms with E-state index in [9.17, 15) is 9.59 Å². The summed E-state index contributed by atoms with van der Waals surface area (Å²) >= 11 is 0. The molecule has 4 nitrogen and oxygen atoms in total. The summed E-state index contributed by atoms with van der Waals surface area (Å²) in [7, 11) is 0. The molecule has 0 aromatic heterocycles. The first kappa shape index (κ1) is 12.0. The quantitative estimate of drug-likeness (QED) is 0.724. The second kappa shape index (κ2) is 4.21. The second-order valence-electron chi connectivity index (χ2n) is 5.41. The molecule has 0 aliphatic carbocycles. The van der Waals surface area contributed by atoms with E-state index in [-0.39, 0.29) is 17.1 Å². The first-order valence-corrected chi connectivity index (χ1v) is 5.30. The number of carbonyl (C=O) groups is 2. The first-order valence-electron chi connectivity index (χ1n) is 5.30. The third-order valence-electron chi connectivity index (χ3n) is 2.65. The largest absolute Gasteiger partial charge is 0.465 e. The fourth-order valence-electron chi connectivity index (χ4n) is 2.00. The van der Waals surface area contributed by atoms with Crippen LogP contribution in [0.15, 0.2) is 0 Å². The molecule has 1 N–H and O–H groups in total. The van der Waals surface area contributed by atoms with Gasteiger partial charge in [0.05, 0.1) is 0 Å². The summed E-state index contributed by atoms with van der Waals surface area (Å²) in [6, 6.07) is 0. The van der Waals surface area contributed by atoms with Crippen molar-refractivity contribution in [2.45, 2.75) is 33.6 Å². The van der Waals surface area contributed by atoms with E-state index in [4.69, 9.17) is 5.11 Å². The van der Waals surface area contributed by atoms with Crippen molar-refractivity contribution in [2.75, 3.05) is 13.1 Å². The van der Waals surface area contributed by atoms with E-state index in [0.717, 1.165) is 6.42 Å². The third-order valence-corrected chi connectivity index (χ3v) is 2.65. The lowest BCUT2D eigenvalue weighted by atomic mass is 9.80. The number of nitrogens with zero attached hydrogens (tertiary/aromatic N) is 1. The summed E-state index contributed by atoms with van der Waals surface area (Å²) in [6.07, 6.45) is 0.212. The van der Waals surface area contributed by atoms with Gasteiger partial charge in [-0.1, -0.05) is 20.8 Å². The topological polar surface area (TPSA) is 57.6 Å². The maximum atomic E-state index is 11.6. The summed E-state index contributed by atoms with van der Waals surface area (Å²) in [5.74, 6) is 0.0947. The molecule has 1 aliphatic heterocycles. The first-order chi connectivity index (χ1) is 6.79. The van der Waals surface area contributed by atoms with Gasteiger partial charge in [0.25, 0.3) is 0 Å². The Morgan fingerprint density at radius 3 is 2.60 bits per heavy atom. The summed E-state index contributed by atoms with van der Waals surface area (Å²) in [6.45, 7) is 6.93. The van der Waals surface area contributed by atoms with E-state index < -0.39 is 6.09 Å². The SMILES string of the molecule is CC(C)(C)CC1CN(C(=O)O)CCC1=O. The second-order valence-corrected chi connectivity index (χ2v) is 5.41. The maximum absolute atomic E-state index is 11.6. The molecule has 0 saturated carbocycles. The van der Waals surface area contributed by atoms with Crippen molar-refractivity contribution in [3.05, 3.63) is 0 Å². The van der Waals surface area contributed by atoms with Gasteiger partial charge in [-0.05, 0) is 11.8 Å². The van der Waals surface area contributed by atoms with Gasteiger partial charge in [0.15, 0.2) is 0 Å². The number of hydrogen-bond donors (Lipinski definition) is 1. The third kappa shape index (κ3) is 3.53. The molecule has 0 aromatic rings. The molecule has 1 saturated heterocycles. The molecule has 1 amide bonds. The number of amides is 1. The Morgan fingerprint density at radius 1 is 1.53 bits per heavy atom. The van der Waals surface area contributed by atoms with E-state index >= 15 is 0 Å². The van der Waals surface area contributed by atoms with Gasteiger partial charge in [-0.2, -0.15) is 0 Å². The van der Waals surface area contributed by atoms with Gasteiger partial charge in [0.1, 0.15) is 5.78 Å². The number of likely N-dealkylation sites (tertiary alicyclic amines) is 1. The molecular formula is C11H19NO3. The van der Waals surface area contributed by atoms with Crippen molar-refractivity contribution in [3.8, 4) is 0 Å². The summed E-state index contributed by atoms with van der Waals surface area (Å²) in [5.41, 5.74) is 0.0713. The molecule has 1 aliphatic rings. The molecule has 0 bridgehead atoms. The molecule has 1 heterocycles. The molecule has 86 valence electrons. The van der Waals surface area contributed by atoms with Crippen LogP contribution >= 0.6 is 0 Å². The molecular weight excluding hydrogens is 194 g/mol. The minimum absolute atomic E-state index is 0.0713. The molecule has 15 heavy (non-hydrogen) atoms. The van der Waals surface area contributed by atoms with E-state index in [1.165, 1.54) is 4.90 Å². The summed E-state index contributed by atoms with van der Waals surface area (Å²) in [5, 5.41) is 8.86. The number of ketones is 1. The molecule has 0 aromatic carbocycles. The number of rotatable bonds is 1. The highest BCUT2D eigenvalue weighted by Crippen LogP contribution is 2.28. The molecule has 1 fully saturated rings. The highest BCUT2D eigenvalue weighted by molar-refractivity contribution is 5.83. The van der Waals surface area contributed by atoms with Crippen molar-refractivity contribution >= 4 is 11.9 Å². The fourth-order valence-corrected chi connectivity index (χ4v) is 2.00. The average molecular weight is 213 g/mol. The van der Waals surface area contributed by atoms with Crippen LogP contribution in [0.1, 0.15) is 33.6 Å². The van der Waals surface area contributed by atoms with Crippen LogP contribution in [0, 0.1) is 11.3 Å². The van der Waals surface area contributed by atoms with Crippen LogP contribution in [0.5, 0.6) is 0 Å². The van der Waals surface area contributed by atoms with Crippen LogP contribution in [0.2, 0.25) is 0 Å². The standard InChI is InChI=1S/C11H19NO3/c1-11(2,3)6-8-7-12(10(14)15)5-4-9(8)13/h8H,4-7H2,1-3H3,(H,14,15). The van der Waals surface area contributed by atoms with Crippen LogP contribution in [-0.4, -0.2) is 35.0 Å². The smallest absolute Gasteiger partial charge is 0.407 e. The fraction of sp³-hybridized carbons (Fsp3) is 0.818. The number of hydrogen-bond acceptors (Lipinski definition) is 2. The average Bonchev–Trinajstić information content (AvgIpc) is 2.06. The Balaban J connectivity index is 2.62. The van der Waals surface area contributed by atoms with Gasteiger partial charge in [-0.25, -0.2) is 4.79 Å². The van der Waals surface area contributed by atoms with Gasteiger partial charge < -0.3 is 10.0 Å². The van der Waals surface area contributed by atoms with Crippen molar-refractivity contribution in [1.29, 1.82) is 0 Å². The van der Waals surface area contributed by atoms with E-state index in [1.54, 1.807) is 0 Å². The summed E-state index contributed by atoms with van der Waals surface area (Å²) < 4.78 is 0. The van der Waals surface area contributed by atoms with E-state index in [2.05, 4.69) is 20.8 Å². The van der Waals surface area contributed by atoms with E-state index in [0.29, 0.717) is 19.5 Å². The van der Waals surface area contributed by atoms with Gasteiger partial charge in [-0.3, -0.25) is 4.79 Å². The Hall–Kier alpha value is -1.06. The van der Waals surface area contributed by atoms with Crippen molar-refractivity contribution in [1.82, 2.24) is 4.90 Å². The van der Waals surface area contributed by atoms with Crippen LogP contribution in [0.4, 0.5) is 4.79 Å². The van der Waals surface area contributed by atoms with Gasteiger partial charge in [0.2, 0.25) is 0 Å². The lowest BCUT2D eigenvalue weighted by Crippen LogP contribution is -2.44. The Morgan fingerprint density at radius 2 is 2.13 bits per heavy atom. The molecule has 1 unspecified atom stereocenters. The molecule has 1 atom stereocenters. The molecule has 1 rings (SSSR count). The lowest BCUT2D eigenvalue weighted by molar-refractivity contribution is -0.126. The van der Waals surface area contributed by atoms with Crippen LogP contribution in [0.3, 0.4) is 0 Å². The maximum Gasteiger partial charge on any atom is 0.407 e. The lowest BCUT2D eigenvalue weighted by Gasteiger charge is -2.33. The number of carbonyl (C=O) groups excluding carboxylic acids is 1. The summed E-state index contributed by atoms with van der Waals surface area (Å²) in [4.78, 5) is 23.8. The minimum Gasteiger partial charge on any atom is -0.465 e. The Labute approximate surface area is 90.3 Å². The molecule has 0 radical (unpaired) electrons. The van der Waals surface area contributed by atoms with Crippen LogP contribution < -0.4 is 0 Å². The highest BCUT2D eigenvalue weighted by Gasteiger charge is 2.32. The monoisotopic (exact) mass is 213 g/mol. The van der Waals surface area contributed by atoms with Crippen molar-refractivity contribution < 1.29 is 14.7 Å². The predicted octanol–water partition coefficient (Wildman–Crippen LogP) is 1.99. The van der Waals surface area contributed by atoms with Crippen molar-refractivity contribution in [2.24, 2.45) is 11.3 Å². The highest BCUT2D eigenvalue weighted by atomic mass is 16.4. The minimum atomic E-state index is -0.915. The van der Waals surface area contributed by atoms with Crippen LogP contribution in [0.25, 0.3) is 0 Å². The number of carboxylic acid groups (broad SMARTS) is 1. The Bertz CT molecular complexity index is 267. The Kier molecular flexibility index (Phi) is 3.37. The molecule has 0 spiro atoms. The predicted molar refractivity (Wildman–Crippen MR) is 56.8 cm³/mol. The molecule has 4 heteroatoms. The zero-order valence-electron chi connectivity index (χ0n) is 9.62. The van der Waals surface area contributed by atoms with Crippen LogP contribution in [-0.2, 0) is 4.79 Å². The van der Waals surface area contributed by atoms with E-state index in [1.807, 2.05) is 0 Å². The van der Waals surface area contributed by atoms with Gasteiger partial charge in [0, 0.05) is 25.4 Å². The van der Waals surface area contributed by atoms with Crippen molar-refractivity contribution in [3.63, 3.8) is 0 Å². The number of piperidine rings is 1.